The molecular formula is C17H12F4O4. The van der Waals surface area contributed by atoms with Crippen LogP contribution in [0.1, 0.15) is 33.2 Å². The summed E-state index contributed by atoms with van der Waals surface area (Å²) in [4.78, 5) is 22.6. The van der Waals surface area contributed by atoms with E-state index in [1.165, 1.54) is 6.07 Å². The lowest BCUT2D eigenvalue weighted by Gasteiger charge is -2.12. The second-order valence-corrected chi connectivity index (χ2v) is 5.02. The largest absolute Gasteiger partial charge is 0.478 e. The van der Waals surface area contributed by atoms with E-state index in [2.05, 4.69) is 4.74 Å². The van der Waals surface area contributed by atoms with Gasteiger partial charge >= 0.3 is 18.1 Å². The highest BCUT2D eigenvalue weighted by Crippen LogP contribution is 2.34. The highest BCUT2D eigenvalue weighted by molar-refractivity contribution is 5.91. The van der Waals surface area contributed by atoms with Gasteiger partial charge < -0.3 is 9.84 Å². The molecule has 2 aromatic rings. The molecule has 25 heavy (non-hydrogen) atoms. The first-order chi connectivity index (χ1) is 11.6. The maximum atomic E-state index is 14.1. The summed E-state index contributed by atoms with van der Waals surface area (Å²) in [6.45, 7) is 1.58. The summed E-state index contributed by atoms with van der Waals surface area (Å²) in [7, 11) is 0. The number of aromatic carboxylic acids is 1. The summed E-state index contributed by atoms with van der Waals surface area (Å²) < 4.78 is 57.5. The normalized spacial score (nSPS) is 11.2. The van der Waals surface area contributed by atoms with Crippen LogP contribution in [0.3, 0.4) is 0 Å². The molecule has 0 aliphatic rings. The van der Waals surface area contributed by atoms with Crippen LogP contribution < -0.4 is 0 Å². The molecule has 8 heteroatoms. The van der Waals surface area contributed by atoms with Crippen LogP contribution in [0.4, 0.5) is 17.6 Å². The lowest BCUT2D eigenvalue weighted by atomic mass is 9.98. The zero-order valence-corrected chi connectivity index (χ0v) is 12.9. The van der Waals surface area contributed by atoms with E-state index in [1.54, 1.807) is 6.92 Å². The number of hydrogen-bond acceptors (Lipinski definition) is 3. The first kappa shape index (κ1) is 18.4. The molecule has 1 N–H and O–H groups in total. The Morgan fingerprint density at radius 3 is 2.28 bits per heavy atom. The van der Waals surface area contributed by atoms with Gasteiger partial charge in [0.1, 0.15) is 5.82 Å². The maximum Gasteiger partial charge on any atom is 0.416 e. The van der Waals surface area contributed by atoms with Gasteiger partial charge in [0.15, 0.2) is 0 Å². The van der Waals surface area contributed by atoms with Crippen LogP contribution in [0, 0.1) is 5.82 Å². The Morgan fingerprint density at radius 2 is 1.76 bits per heavy atom. The van der Waals surface area contributed by atoms with Gasteiger partial charge in [0.05, 0.1) is 23.3 Å². The first-order valence-corrected chi connectivity index (χ1v) is 7.06. The minimum atomic E-state index is -4.76. The van der Waals surface area contributed by atoms with E-state index < -0.39 is 35.1 Å². The van der Waals surface area contributed by atoms with Gasteiger partial charge in [-0.15, -0.1) is 0 Å². The Hall–Kier alpha value is -2.90. The molecule has 0 aliphatic carbocycles. The standard InChI is InChI=1S/C17H12F4O4/c1-2-25-16(24)13-4-3-9(8-14(13)18)10-5-11(15(22)23)7-12(6-10)17(19,20)21/h3-8H,2H2,1H3,(H,22,23). The van der Waals surface area contributed by atoms with Crippen LogP contribution in [0.5, 0.6) is 0 Å². The van der Waals surface area contributed by atoms with E-state index in [4.69, 9.17) is 5.11 Å². The second kappa shape index (κ2) is 6.92. The van der Waals surface area contributed by atoms with Crippen molar-refractivity contribution in [2.45, 2.75) is 13.1 Å². The lowest BCUT2D eigenvalue weighted by Crippen LogP contribution is -2.09. The Kier molecular flexibility index (Phi) is 5.10. The summed E-state index contributed by atoms with van der Waals surface area (Å²) in [6.07, 6.45) is -4.76. The number of alkyl halides is 3. The minimum Gasteiger partial charge on any atom is -0.478 e. The van der Waals surface area contributed by atoms with Gasteiger partial charge in [-0.05, 0) is 48.4 Å². The Morgan fingerprint density at radius 1 is 1.08 bits per heavy atom. The van der Waals surface area contributed by atoms with Gasteiger partial charge in [-0.25, -0.2) is 14.0 Å². The topological polar surface area (TPSA) is 63.6 Å². The average Bonchev–Trinajstić information content (AvgIpc) is 2.53. The minimum absolute atomic E-state index is 0.000788. The molecule has 0 fully saturated rings. The molecule has 132 valence electrons. The van der Waals surface area contributed by atoms with Gasteiger partial charge in [0, 0.05) is 0 Å². The van der Waals surface area contributed by atoms with Crippen molar-refractivity contribution < 1.29 is 37.0 Å². The van der Waals surface area contributed by atoms with Crippen molar-refractivity contribution >= 4 is 11.9 Å². The molecule has 4 nitrogen and oxygen atoms in total. The number of carbonyl (C=O) groups excluding carboxylic acids is 1. The molecule has 0 heterocycles. The number of hydrogen-bond donors (Lipinski definition) is 1. The van der Waals surface area contributed by atoms with Crippen molar-refractivity contribution in [3.8, 4) is 11.1 Å². The highest BCUT2D eigenvalue weighted by atomic mass is 19.4. The van der Waals surface area contributed by atoms with Crippen molar-refractivity contribution in [3.05, 3.63) is 58.9 Å². The van der Waals surface area contributed by atoms with E-state index >= 15 is 0 Å². The van der Waals surface area contributed by atoms with Crippen LogP contribution in [0.25, 0.3) is 11.1 Å². The molecule has 0 unspecified atom stereocenters. The van der Waals surface area contributed by atoms with Crippen LogP contribution in [0.2, 0.25) is 0 Å². The lowest BCUT2D eigenvalue weighted by molar-refractivity contribution is -0.137. The van der Waals surface area contributed by atoms with Crippen LogP contribution in [-0.2, 0) is 10.9 Å². The Balaban J connectivity index is 2.54. The molecule has 0 spiro atoms. The third kappa shape index (κ3) is 4.14. The zero-order chi connectivity index (χ0) is 18.8. The molecule has 0 saturated heterocycles. The van der Waals surface area contributed by atoms with Gasteiger partial charge in [-0.1, -0.05) is 6.07 Å². The number of carbonyl (C=O) groups is 2. The Bertz CT molecular complexity index is 828. The predicted octanol–water partition coefficient (Wildman–Crippen LogP) is 4.39. The molecule has 0 bridgehead atoms. The fourth-order valence-corrected chi connectivity index (χ4v) is 2.15. The van der Waals surface area contributed by atoms with Crippen molar-refractivity contribution in [2.75, 3.05) is 6.61 Å². The highest BCUT2D eigenvalue weighted by Gasteiger charge is 2.32. The third-order valence-electron chi connectivity index (χ3n) is 3.31. The molecule has 0 atom stereocenters. The SMILES string of the molecule is CCOC(=O)c1ccc(-c2cc(C(=O)O)cc(C(F)(F)F)c2)cc1F. The third-order valence-corrected chi connectivity index (χ3v) is 3.31. The van der Waals surface area contributed by atoms with Crippen molar-refractivity contribution in [1.29, 1.82) is 0 Å². The van der Waals surface area contributed by atoms with Gasteiger partial charge in [-0.2, -0.15) is 13.2 Å². The summed E-state index contributed by atoms with van der Waals surface area (Å²) in [5.74, 6) is -3.43. The summed E-state index contributed by atoms with van der Waals surface area (Å²) in [5.41, 5.74) is -2.26. The average molecular weight is 356 g/mol. The van der Waals surface area contributed by atoms with Crippen LogP contribution in [-0.4, -0.2) is 23.7 Å². The molecule has 0 aromatic heterocycles. The second-order valence-electron chi connectivity index (χ2n) is 5.02. The van der Waals surface area contributed by atoms with Crippen molar-refractivity contribution in [1.82, 2.24) is 0 Å². The number of halogens is 4. The van der Waals surface area contributed by atoms with E-state index in [0.717, 1.165) is 18.2 Å². The number of rotatable bonds is 4. The molecule has 0 aliphatic heterocycles. The first-order valence-electron chi connectivity index (χ1n) is 7.06. The quantitative estimate of drug-likeness (QED) is 0.652. The summed E-state index contributed by atoms with van der Waals surface area (Å²) in [5, 5.41) is 8.97. The van der Waals surface area contributed by atoms with Crippen molar-refractivity contribution in [2.24, 2.45) is 0 Å². The number of ether oxygens (including phenoxy) is 1. The summed E-state index contributed by atoms with van der Waals surface area (Å²) >= 11 is 0. The molecular weight excluding hydrogens is 344 g/mol. The molecule has 0 saturated carbocycles. The number of esters is 1. The van der Waals surface area contributed by atoms with Gasteiger partial charge in [-0.3, -0.25) is 0 Å². The monoisotopic (exact) mass is 356 g/mol. The Labute approximate surface area is 139 Å². The molecule has 0 radical (unpaired) electrons. The number of benzene rings is 2. The fraction of sp³-hybridized carbons (Fsp3) is 0.176. The predicted molar refractivity (Wildman–Crippen MR) is 79.8 cm³/mol. The van der Waals surface area contributed by atoms with Crippen molar-refractivity contribution in [3.63, 3.8) is 0 Å². The van der Waals surface area contributed by atoms with Crippen LogP contribution >= 0.6 is 0 Å². The fourth-order valence-electron chi connectivity index (χ4n) is 2.15. The van der Waals surface area contributed by atoms with Crippen LogP contribution in [0.15, 0.2) is 36.4 Å². The molecule has 2 aromatic carbocycles. The van der Waals surface area contributed by atoms with Gasteiger partial charge in [0.2, 0.25) is 0 Å². The van der Waals surface area contributed by atoms with E-state index in [1.807, 2.05) is 0 Å². The van der Waals surface area contributed by atoms with E-state index in [0.29, 0.717) is 12.1 Å². The smallest absolute Gasteiger partial charge is 0.416 e. The van der Waals surface area contributed by atoms with Gasteiger partial charge in [0.25, 0.3) is 0 Å². The maximum absolute atomic E-state index is 14.1. The number of carboxylic acids is 1. The molecule has 0 amide bonds. The summed E-state index contributed by atoms with van der Waals surface area (Å²) in [6, 6.07) is 5.35. The van der Waals surface area contributed by atoms with E-state index in [9.17, 15) is 27.2 Å². The number of carboxylic acid groups (broad SMARTS) is 1. The molecule has 2 rings (SSSR count). The zero-order valence-electron chi connectivity index (χ0n) is 12.9. The van der Waals surface area contributed by atoms with E-state index in [-0.39, 0.29) is 23.3 Å².